The zero-order chi connectivity index (χ0) is 13.9. The van der Waals surface area contributed by atoms with Gasteiger partial charge in [-0.1, -0.05) is 66.7 Å². The van der Waals surface area contributed by atoms with Gasteiger partial charge < -0.3 is 10.3 Å². The van der Waals surface area contributed by atoms with Gasteiger partial charge in [0.05, 0.1) is 5.69 Å². The molecule has 0 bridgehead atoms. The van der Waals surface area contributed by atoms with Crippen LogP contribution in [0.25, 0.3) is 11.1 Å². The molecule has 3 nitrogen and oxygen atoms in total. The standard InChI is InChI=1S/C17H16N2O/c1-12(16-11-17(18)20-19-16)13-7-9-15(10-8-13)14-5-3-2-4-6-14/h2-12H,18H2,1H3. The summed E-state index contributed by atoms with van der Waals surface area (Å²) in [5.41, 5.74) is 10.0. The summed E-state index contributed by atoms with van der Waals surface area (Å²) in [6, 6.07) is 20.6. The number of nitrogens with zero attached hydrogens (tertiary/aromatic N) is 1. The van der Waals surface area contributed by atoms with Crippen molar-refractivity contribution in [2.75, 3.05) is 5.73 Å². The number of rotatable bonds is 3. The Morgan fingerprint density at radius 1 is 0.950 bits per heavy atom. The molecule has 0 aliphatic heterocycles. The molecule has 1 atom stereocenters. The van der Waals surface area contributed by atoms with Crippen LogP contribution in [-0.4, -0.2) is 5.16 Å². The molecule has 1 heterocycles. The second kappa shape index (κ2) is 5.21. The molecule has 0 spiro atoms. The molecule has 3 rings (SSSR count). The fourth-order valence-corrected chi connectivity index (χ4v) is 2.27. The third-order valence-electron chi connectivity index (χ3n) is 3.51. The summed E-state index contributed by atoms with van der Waals surface area (Å²) in [7, 11) is 0. The van der Waals surface area contributed by atoms with Gasteiger partial charge in [0, 0.05) is 12.0 Å². The summed E-state index contributed by atoms with van der Waals surface area (Å²) in [6.07, 6.45) is 0. The topological polar surface area (TPSA) is 52.0 Å². The predicted molar refractivity (Wildman–Crippen MR) is 80.3 cm³/mol. The van der Waals surface area contributed by atoms with E-state index in [0.29, 0.717) is 5.88 Å². The molecule has 0 fully saturated rings. The van der Waals surface area contributed by atoms with Crippen LogP contribution in [0, 0.1) is 0 Å². The van der Waals surface area contributed by atoms with Gasteiger partial charge in [0.25, 0.3) is 0 Å². The van der Waals surface area contributed by atoms with Gasteiger partial charge in [-0.05, 0) is 16.7 Å². The highest BCUT2D eigenvalue weighted by atomic mass is 16.5. The molecule has 3 aromatic rings. The SMILES string of the molecule is CC(c1ccc(-c2ccccc2)cc1)c1cc(N)on1. The van der Waals surface area contributed by atoms with E-state index in [1.165, 1.54) is 16.7 Å². The molecule has 1 unspecified atom stereocenters. The van der Waals surface area contributed by atoms with E-state index in [1.807, 2.05) is 18.2 Å². The number of hydrogen-bond donors (Lipinski definition) is 1. The van der Waals surface area contributed by atoms with Crippen LogP contribution in [0.2, 0.25) is 0 Å². The first-order chi connectivity index (χ1) is 9.74. The smallest absolute Gasteiger partial charge is 0.222 e. The molecule has 0 amide bonds. The molecular formula is C17H16N2O. The van der Waals surface area contributed by atoms with Crippen molar-refractivity contribution in [1.29, 1.82) is 0 Å². The lowest BCUT2D eigenvalue weighted by molar-refractivity contribution is 0.425. The van der Waals surface area contributed by atoms with E-state index in [1.54, 1.807) is 6.07 Å². The maximum absolute atomic E-state index is 5.57. The van der Waals surface area contributed by atoms with Gasteiger partial charge in [-0.2, -0.15) is 0 Å². The monoisotopic (exact) mass is 264 g/mol. The van der Waals surface area contributed by atoms with Crippen LogP contribution >= 0.6 is 0 Å². The van der Waals surface area contributed by atoms with Gasteiger partial charge in [-0.15, -0.1) is 0 Å². The quantitative estimate of drug-likeness (QED) is 0.775. The molecular weight excluding hydrogens is 248 g/mol. The van der Waals surface area contributed by atoms with Crippen molar-refractivity contribution in [2.24, 2.45) is 0 Å². The Morgan fingerprint density at radius 2 is 1.60 bits per heavy atom. The normalized spacial score (nSPS) is 12.2. The van der Waals surface area contributed by atoms with E-state index < -0.39 is 0 Å². The van der Waals surface area contributed by atoms with Crippen LogP contribution in [0.5, 0.6) is 0 Å². The van der Waals surface area contributed by atoms with E-state index in [4.69, 9.17) is 10.3 Å². The molecule has 1 aromatic heterocycles. The average Bonchev–Trinajstić information content (AvgIpc) is 2.94. The molecule has 0 radical (unpaired) electrons. The first kappa shape index (κ1) is 12.5. The maximum atomic E-state index is 5.57. The fraction of sp³-hybridized carbons (Fsp3) is 0.118. The van der Waals surface area contributed by atoms with Crippen LogP contribution < -0.4 is 5.73 Å². The number of hydrogen-bond acceptors (Lipinski definition) is 3. The van der Waals surface area contributed by atoms with Crippen molar-refractivity contribution >= 4 is 5.88 Å². The van der Waals surface area contributed by atoms with Gasteiger partial charge in [0.1, 0.15) is 0 Å². The Balaban J connectivity index is 1.86. The fourth-order valence-electron chi connectivity index (χ4n) is 2.27. The zero-order valence-corrected chi connectivity index (χ0v) is 11.3. The average molecular weight is 264 g/mol. The molecule has 0 saturated heterocycles. The first-order valence-electron chi connectivity index (χ1n) is 6.61. The van der Waals surface area contributed by atoms with Crippen molar-refractivity contribution in [1.82, 2.24) is 5.16 Å². The summed E-state index contributed by atoms with van der Waals surface area (Å²) < 4.78 is 4.93. The van der Waals surface area contributed by atoms with Crippen LogP contribution in [0.3, 0.4) is 0 Å². The van der Waals surface area contributed by atoms with E-state index in [0.717, 1.165) is 5.69 Å². The Labute approximate surface area is 118 Å². The van der Waals surface area contributed by atoms with Gasteiger partial charge >= 0.3 is 0 Å². The van der Waals surface area contributed by atoms with E-state index in [2.05, 4.69) is 48.5 Å². The van der Waals surface area contributed by atoms with E-state index in [-0.39, 0.29) is 5.92 Å². The van der Waals surface area contributed by atoms with Crippen LogP contribution in [0.1, 0.15) is 24.1 Å². The largest absolute Gasteiger partial charge is 0.368 e. The Morgan fingerprint density at radius 3 is 2.20 bits per heavy atom. The molecule has 3 heteroatoms. The highest BCUT2D eigenvalue weighted by Gasteiger charge is 2.13. The minimum Gasteiger partial charge on any atom is -0.368 e. The summed E-state index contributed by atoms with van der Waals surface area (Å²) in [4.78, 5) is 0. The van der Waals surface area contributed by atoms with Crippen LogP contribution in [0.4, 0.5) is 5.88 Å². The first-order valence-corrected chi connectivity index (χ1v) is 6.61. The lowest BCUT2D eigenvalue weighted by atomic mass is 9.95. The Hall–Kier alpha value is -2.55. The van der Waals surface area contributed by atoms with Crippen LogP contribution in [0.15, 0.2) is 65.2 Å². The zero-order valence-electron chi connectivity index (χ0n) is 11.3. The summed E-state index contributed by atoms with van der Waals surface area (Å²) in [5, 5.41) is 3.97. The molecule has 0 aliphatic rings. The minimum atomic E-state index is 0.167. The maximum Gasteiger partial charge on any atom is 0.222 e. The Kier molecular flexibility index (Phi) is 3.25. The van der Waals surface area contributed by atoms with E-state index >= 15 is 0 Å². The number of anilines is 1. The third kappa shape index (κ3) is 2.43. The molecule has 0 aliphatic carbocycles. The van der Waals surface area contributed by atoms with E-state index in [9.17, 15) is 0 Å². The van der Waals surface area contributed by atoms with Gasteiger partial charge in [-0.3, -0.25) is 0 Å². The molecule has 2 aromatic carbocycles. The lowest BCUT2D eigenvalue weighted by Gasteiger charge is -2.09. The van der Waals surface area contributed by atoms with Crippen molar-refractivity contribution in [3.63, 3.8) is 0 Å². The van der Waals surface area contributed by atoms with Crippen molar-refractivity contribution < 1.29 is 4.52 Å². The number of benzene rings is 2. The lowest BCUT2D eigenvalue weighted by Crippen LogP contribution is -1.96. The van der Waals surface area contributed by atoms with Crippen molar-refractivity contribution in [3.05, 3.63) is 71.9 Å². The number of aromatic nitrogens is 1. The minimum absolute atomic E-state index is 0.167. The molecule has 0 saturated carbocycles. The van der Waals surface area contributed by atoms with Crippen molar-refractivity contribution in [2.45, 2.75) is 12.8 Å². The highest BCUT2D eigenvalue weighted by Crippen LogP contribution is 2.27. The van der Waals surface area contributed by atoms with Gasteiger partial charge in [0.2, 0.25) is 5.88 Å². The number of nitrogen functional groups attached to an aromatic ring is 1. The van der Waals surface area contributed by atoms with Crippen LogP contribution in [-0.2, 0) is 0 Å². The molecule has 20 heavy (non-hydrogen) atoms. The van der Waals surface area contributed by atoms with Gasteiger partial charge in [-0.25, -0.2) is 0 Å². The second-order valence-electron chi connectivity index (χ2n) is 4.86. The Bertz CT molecular complexity index is 687. The summed E-state index contributed by atoms with van der Waals surface area (Å²) in [6.45, 7) is 2.09. The number of nitrogens with two attached hydrogens (primary N) is 1. The highest BCUT2D eigenvalue weighted by molar-refractivity contribution is 5.63. The second-order valence-corrected chi connectivity index (χ2v) is 4.86. The van der Waals surface area contributed by atoms with Crippen molar-refractivity contribution in [3.8, 4) is 11.1 Å². The molecule has 2 N–H and O–H groups in total. The van der Waals surface area contributed by atoms with Gasteiger partial charge in [0.15, 0.2) is 0 Å². The predicted octanol–water partition coefficient (Wildman–Crippen LogP) is 4.08. The summed E-state index contributed by atoms with van der Waals surface area (Å²) >= 11 is 0. The molecule has 100 valence electrons. The third-order valence-corrected chi connectivity index (χ3v) is 3.51. The summed E-state index contributed by atoms with van der Waals surface area (Å²) in [5.74, 6) is 0.522.